The van der Waals surface area contributed by atoms with Crippen LogP contribution in [0.4, 0.5) is 0 Å². The smallest absolute Gasteiger partial charge is 0.335 e. The van der Waals surface area contributed by atoms with Crippen LogP contribution in [0.2, 0.25) is 0 Å². The second-order valence-electron chi connectivity index (χ2n) is 6.19. The van der Waals surface area contributed by atoms with Gasteiger partial charge in [-0.25, -0.2) is 4.79 Å². The van der Waals surface area contributed by atoms with Gasteiger partial charge in [0.25, 0.3) is 0 Å². The number of hydrogen-bond acceptors (Lipinski definition) is 5. The maximum absolute atomic E-state index is 11.2. The minimum atomic E-state index is -1.000. The fraction of sp³-hybridized carbons (Fsp3) is 0.562. The molecule has 22 heavy (non-hydrogen) atoms. The molecule has 2 aliphatic rings. The van der Waals surface area contributed by atoms with Crippen LogP contribution in [0, 0.1) is 0 Å². The lowest BCUT2D eigenvalue weighted by atomic mass is 9.97. The van der Waals surface area contributed by atoms with Gasteiger partial charge in [0.1, 0.15) is 6.10 Å². The third-order valence-electron chi connectivity index (χ3n) is 4.02. The molecule has 2 N–H and O–H groups in total. The average Bonchev–Trinajstić information content (AvgIpc) is 2.92. The molecule has 4 atom stereocenters. The number of benzene rings is 1. The van der Waals surface area contributed by atoms with E-state index in [1.54, 1.807) is 18.2 Å². The molecule has 0 aromatic heterocycles. The van der Waals surface area contributed by atoms with Crippen molar-refractivity contribution in [3.63, 3.8) is 0 Å². The molecule has 1 aromatic rings. The molecule has 0 radical (unpaired) electrons. The quantitative estimate of drug-likeness (QED) is 0.878. The van der Waals surface area contributed by atoms with Crippen LogP contribution in [0.25, 0.3) is 0 Å². The van der Waals surface area contributed by atoms with Crippen molar-refractivity contribution in [2.24, 2.45) is 0 Å². The highest BCUT2D eigenvalue weighted by Gasteiger charge is 2.50. The van der Waals surface area contributed by atoms with Gasteiger partial charge in [0.05, 0.1) is 17.8 Å². The first kappa shape index (κ1) is 15.4. The topological polar surface area (TPSA) is 85.2 Å². The van der Waals surface area contributed by atoms with Crippen LogP contribution >= 0.6 is 0 Å². The molecule has 2 fully saturated rings. The zero-order valence-corrected chi connectivity index (χ0v) is 12.6. The summed E-state index contributed by atoms with van der Waals surface area (Å²) < 4.78 is 17.0. The number of carboxylic acids is 1. The number of fused-ring (bicyclic) bond motifs is 1. The molecule has 2 heterocycles. The molecule has 6 heteroatoms. The monoisotopic (exact) mass is 308 g/mol. The molecule has 0 saturated carbocycles. The summed E-state index contributed by atoms with van der Waals surface area (Å²) in [5.41, 5.74) is 0.790. The highest BCUT2D eigenvalue weighted by atomic mass is 16.8. The van der Waals surface area contributed by atoms with Gasteiger partial charge in [-0.1, -0.05) is 18.2 Å². The van der Waals surface area contributed by atoms with Crippen molar-refractivity contribution in [3.8, 4) is 0 Å². The van der Waals surface area contributed by atoms with Crippen molar-refractivity contribution in [3.05, 3.63) is 35.4 Å². The van der Waals surface area contributed by atoms with Crippen molar-refractivity contribution in [1.29, 1.82) is 0 Å². The van der Waals surface area contributed by atoms with E-state index in [0.29, 0.717) is 12.0 Å². The number of carbonyl (C=O) groups is 1. The number of carboxylic acid groups (broad SMARTS) is 1. The Morgan fingerprint density at radius 2 is 2.09 bits per heavy atom. The molecule has 6 nitrogen and oxygen atoms in total. The Labute approximate surface area is 128 Å². The van der Waals surface area contributed by atoms with Crippen LogP contribution < -0.4 is 0 Å². The van der Waals surface area contributed by atoms with E-state index in [0.717, 1.165) is 0 Å². The summed E-state index contributed by atoms with van der Waals surface area (Å²) in [6, 6.07) is 6.66. The molecule has 0 bridgehead atoms. The molecule has 0 unspecified atom stereocenters. The lowest BCUT2D eigenvalue weighted by Crippen LogP contribution is -2.32. The molecule has 0 aliphatic carbocycles. The molecule has 2 saturated heterocycles. The van der Waals surface area contributed by atoms with Crippen LogP contribution in [-0.4, -0.2) is 46.6 Å². The van der Waals surface area contributed by atoms with Gasteiger partial charge in [-0.3, -0.25) is 0 Å². The number of aliphatic hydroxyl groups excluding tert-OH is 1. The van der Waals surface area contributed by atoms with Crippen molar-refractivity contribution in [2.45, 2.75) is 57.1 Å². The van der Waals surface area contributed by atoms with Gasteiger partial charge in [-0.2, -0.15) is 0 Å². The summed E-state index contributed by atoms with van der Waals surface area (Å²) >= 11 is 0. The van der Waals surface area contributed by atoms with E-state index in [2.05, 4.69) is 0 Å². The van der Waals surface area contributed by atoms with Gasteiger partial charge in [0.15, 0.2) is 12.1 Å². The van der Waals surface area contributed by atoms with Gasteiger partial charge in [-0.15, -0.1) is 0 Å². The predicted octanol–water partition coefficient (Wildman–Crippen LogP) is 1.55. The average molecular weight is 308 g/mol. The maximum Gasteiger partial charge on any atom is 0.335 e. The minimum absolute atomic E-state index is 0.190. The Bertz CT molecular complexity index is 554. The maximum atomic E-state index is 11.2. The van der Waals surface area contributed by atoms with Crippen molar-refractivity contribution in [1.82, 2.24) is 0 Å². The Balaban J connectivity index is 1.65. The fourth-order valence-corrected chi connectivity index (χ4v) is 3.05. The number of aromatic carboxylic acids is 1. The van der Waals surface area contributed by atoms with Crippen LogP contribution in [0.3, 0.4) is 0 Å². The van der Waals surface area contributed by atoms with E-state index < -0.39 is 30.3 Å². The van der Waals surface area contributed by atoms with E-state index >= 15 is 0 Å². The zero-order valence-electron chi connectivity index (χ0n) is 12.6. The Morgan fingerprint density at radius 1 is 1.36 bits per heavy atom. The summed E-state index contributed by atoms with van der Waals surface area (Å²) in [6.07, 6.45) is -1.14. The van der Waals surface area contributed by atoms with Gasteiger partial charge in [0.2, 0.25) is 0 Å². The summed E-state index contributed by atoms with van der Waals surface area (Å²) in [7, 11) is 0. The van der Waals surface area contributed by atoms with E-state index in [1.165, 1.54) is 6.07 Å². The molecule has 120 valence electrons. The Kier molecular flexibility index (Phi) is 3.94. The molecule has 2 aliphatic heterocycles. The summed E-state index contributed by atoms with van der Waals surface area (Å²) in [5, 5.41) is 19.5. The lowest BCUT2D eigenvalue weighted by molar-refractivity contribution is -0.213. The zero-order chi connectivity index (χ0) is 15.9. The SMILES string of the molecule is CC1(C)O[C@H]2O[C@H]([C@H](O)Cc3ccccc3C(=O)O)C[C@H]2O1. The third kappa shape index (κ3) is 3.01. The molecular formula is C16H20O6. The summed E-state index contributed by atoms with van der Waals surface area (Å²) in [5.74, 6) is -1.67. The molecule has 1 aromatic carbocycles. The largest absolute Gasteiger partial charge is 0.478 e. The third-order valence-corrected chi connectivity index (χ3v) is 4.02. The Hall–Kier alpha value is -1.47. The van der Waals surface area contributed by atoms with Crippen LogP contribution in [0.5, 0.6) is 0 Å². The molecule has 0 spiro atoms. The van der Waals surface area contributed by atoms with E-state index in [9.17, 15) is 15.0 Å². The first-order valence-electron chi connectivity index (χ1n) is 7.36. The predicted molar refractivity (Wildman–Crippen MR) is 76.4 cm³/mol. The van der Waals surface area contributed by atoms with Gasteiger partial charge in [0, 0.05) is 12.8 Å². The Morgan fingerprint density at radius 3 is 2.77 bits per heavy atom. The molecule has 0 amide bonds. The molecule has 3 rings (SSSR count). The number of hydrogen-bond donors (Lipinski definition) is 2. The van der Waals surface area contributed by atoms with Crippen molar-refractivity contribution >= 4 is 5.97 Å². The first-order valence-corrected chi connectivity index (χ1v) is 7.36. The van der Waals surface area contributed by atoms with Crippen molar-refractivity contribution < 1.29 is 29.2 Å². The lowest BCUT2D eigenvalue weighted by Gasteiger charge is -2.23. The summed E-state index contributed by atoms with van der Waals surface area (Å²) in [4.78, 5) is 11.2. The summed E-state index contributed by atoms with van der Waals surface area (Å²) in [6.45, 7) is 3.65. The fourth-order valence-electron chi connectivity index (χ4n) is 3.05. The second-order valence-corrected chi connectivity index (χ2v) is 6.19. The number of aliphatic hydroxyl groups is 1. The normalized spacial score (nSPS) is 31.0. The first-order chi connectivity index (χ1) is 10.4. The van der Waals surface area contributed by atoms with E-state index in [1.807, 2.05) is 13.8 Å². The van der Waals surface area contributed by atoms with Gasteiger partial charge >= 0.3 is 5.97 Å². The van der Waals surface area contributed by atoms with Gasteiger partial charge in [-0.05, 0) is 25.5 Å². The van der Waals surface area contributed by atoms with E-state index in [-0.39, 0.29) is 18.1 Å². The number of rotatable bonds is 4. The van der Waals surface area contributed by atoms with E-state index in [4.69, 9.17) is 14.2 Å². The van der Waals surface area contributed by atoms with Gasteiger partial charge < -0.3 is 24.4 Å². The standard InChI is InChI=1S/C16H20O6/c1-16(2)21-13-8-12(20-15(13)22-16)11(17)7-9-5-3-4-6-10(9)14(18)19/h3-6,11-13,15,17H,7-8H2,1-2H3,(H,18,19)/t11-,12+,13-,15-/m1/s1. The number of ether oxygens (including phenoxy) is 3. The highest BCUT2D eigenvalue weighted by molar-refractivity contribution is 5.89. The minimum Gasteiger partial charge on any atom is -0.478 e. The van der Waals surface area contributed by atoms with Crippen LogP contribution in [0.15, 0.2) is 24.3 Å². The van der Waals surface area contributed by atoms with Crippen LogP contribution in [-0.2, 0) is 20.6 Å². The van der Waals surface area contributed by atoms with Crippen LogP contribution in [0.1, 0.15) is 36.2 Å². The second kappa shape index (κ2) is 5.62. The van der Waals surface area contributed by atoms with Crippen molar-refractivity contribution in [2.75, 3.05) is 0 Å². The highest BCUT2D eigenvalue weighted by Crippen LogP contribution is 2.38. The molecular weight excluding hydrogens is 288 g/mol.